The van der Waals surface area contributed by atoms with Gasteiger partial charge in [-0.2, -0.15) is 0 Å². The van der Waals surface area contributed by atoms with Crippen molar-refractivity contribution in [2.45, 2.75) is 6.61 Å². The van der Waals surface area contributed by atoms with Gasteiger partial charge in [-0.25, -0.2) is 10.1 Å². The fraction of sp³-hybridized carbons (Fsp3) is 0.167. The molecule has 0 saturated heterocycles. The number of nitrogens with zero attached hydrogens (tertiary/aromatic N) is 1. The average Bonchev–Trinajstić information content (AvgIpc) is 1.90. The van der Waals surface area contributed by atoms with E-state index in [0.29, 0.717) is 0 Å². The first-order valence-electron chi connectivity index (χ1n) is 2.51. The molecule has 0 amide bonds. The van der Waals surface area contributed by atoms with Crippen LogP contribution >= 0.6 is 15.9 Å². The van der Waals surface area contributed by atoms with Crippen molar-refractivity contribution in [1.82, 2.24) is 4.98 Å². The highest BCUT2D eigenvalue weighted by molar-refractivity contribution is 9.10. The van der Waals surface area contributed by atoms with Crippen LogP contribution in [-0.2, 0) is 11.7 Å². The molecule has 0 fully saturated rings. The van der Waals surface area contributed by atoms with Crippen molar-refractivity contribution >= 4 is 15.9 Å². The van der Waals surface area contributed by atoms with Gasteiger partial charge < -0.3 is 0 Å². The van der Waals surface area contributed by atoms with Gasteiger partial charge in [0.15, 0.2) is 0 Å². The van der Waals surface area contributed by atoms with E-state index in [-0.39, 0.29) is 6.61 Å². The second-order valence-corrected chi connectivity index (χ2v) is 2.45. The zero-order valence-electron chi connectivity index (χ0n) is 4.67. The van der Waals surface area contributed by atoms with Gasteiger partial charge in [-0.3, -0.25) is 0 Å². The van der Waals surface area contributed by atoms with Crippen LogP contribution in [0.5, 0.6) is 0 Å². The minimum absolute atomic E-state index is 0.194. The van der Waals surface area contributed by atoms with Crippen LogP contribution in [0.25, 0.3) is 0 Å². The molecule has 0 aliphatic carbocycles. The third-order valence-electron chi connectivity index (χ3n) is 0.955. The summed E-state index contributed by atoms with van der Waals surface area (Å²) in [4.78, 5) is 3.87. The standard InChI is InChI=1S/C6H5BrNO/c7-6-2-1-5(4-9)3-8-6/h1-3H,4H2. The number of aromatic nitrogens is 1. The van der Waals surface area contributed by atoms with Gasteiger partial charge in [-0.1, -0.05) is 6.07 Å². The molecule has 0 aliphatic rings. The minimum atomic E-state index is -0.194. The van der Waals surface area contributed by atoms with E-state index in [1.54, 1.807) is 18.3 Å². The molecular formula is C6H5BrNO. The zero-order chi connectivity index (χ0) is 6.69. The largest absolute Gasteiger partial charge is 0.249 e. The van der Waals surface area contributed by atoms with Crippen molar-refractivity contribution in [1.29, 1.82) is 0 Å². The Labute approximate surface area is 61.7 Å². The van der Waals surface area contributed by atoms with E-state index < -0.39 is 0 Å². The molecule has 0 aromatic carbocycles. The Morgan fingerprint density at radius 1 is 1.56 bits per heavy atom. The van der Waals surface area contributed by atoms with E-state index in [1.165, 1.54) is 0 Å². The number of pyridine rings is 1. The van der Waals surface area contributed by atoms with Crippen molar-refractivity contribution in [3.05, 3.63) is 28.5 Å². The quantitative estimate of drug-likeness (QED) is 0.616. The van der Waals surface area contributed by atoms with Crippen LogP contribution in [0.1, 0.15) is 5.56 Å². The normalized spacial score (nSPS) is 9.56. The van der Waals surface area contributed by atoms with E-state index >= 15 is 0 Å². The lowest BCUT2D eigenvalue weighted by atomic mass is 10.3. The molecule has 1 rings (SSSR count). The first-order chi connectivity index (χ1) is 4.33. The smallest absolute Gasteiger partial charge is 0.109 e. The molecule has 2 nitrogen and oxygen atoms in total. The number of rotatable bonds is 1. The van der Waals surface area contributed by atoms with Crippen LogP contribution in [0.2, 0.25) is 0 Å². The summed E-state index contributed by atoms with van der Waals surface area (Å²) in [7, 11) is 0. The van der Waals surface area contributed by atoms with Gasteiger partial charge in [0.2, 0.25) is 0 Å². The fourth-order valence-corrected chi connectivity index (χ4v) is 0.726. The Balaban J connectivity index is 2.88. The predicted molar refractivity (Wildman–Crippen MR) is 36.3 cm³/mol. The van der Waals surface area contributed by atoms with Crippen molar-refractivity contribution < 1.29 is 5.11 Å². The van der Waals surface area contributed by atoms with E-state index in [0.717, 1.165) is 10.2 Å². The van der Waals surface area contributed by atoms with Crippen LogP contribution < -0.4 is 0 Å². The van der Waals surface area contributed by atoms with Gasteiger partial charge in [0.25, 0.3) is 0 Å². The highest BCUT2D eigenvalue weighted by Crippen LogP contribution is 2.05. The molecule has 3 heteroatoms. The average molecular weight is 187 g/mol. The second-order valence-electron chi connectivity index (χ2n) is 1.63. The van der Waals surface area contributed by atoms with E-state index in [9.17, 15) is 5.11 Å². The van der Waals surface area contributed by atoms with Gasteiger partial charge >= 0.3 is 0 Å². The molecule has 1 radical (unpaired) electrons. The topological polar surface area (TPSA) is 32.8 Å². The molecule has 1 aromatic heterocycles. The molecule has 0 aliphatic heterocycles. The minimum Gasteiger partial charge on any atom is -0.249 e. The molecule has 0 bridgehead atoms. The second kappa shape index (κ2) is 2.94. The SMILES string of the molecule is [O]Cc1ccc(Br)nc1. The number of hydrogen-bond acceptors (Lipinski definition) is 1. The Hall–Kier alpha value is -0.410. The van der Waals surface area contributed by atoms with Crippen molar-refractivity contribution in [2.24, 2.45) is 0 Å². The van der Waals surface area contributed by atoms with Gasteiger partial charge in [0, 0.05) is 6.20 Å². The molecule has 1 aromatic rings. The van der Waals surface area contributed by atoms with Crippen molar-refractivity contribution in [3.8, 4) is 0 Å². The third-order valence-corrected chi connectivity index (χ3v) is 1.42. The highest BCUT2D eigenvalue weighted by atomic mass is 79.9. The maximum absolute atomic E-state index is 10.2. The van der Waals surface area contributed by atoms with E-state index in [2.05, 4.69) is 20.9 Å². The van der Waals surface area contributed by atoms with Crippen LogP contribution in [0, 0.1) is 0 Å². The van der Waals surface area contributed by atoms with Gasteiger partial charge in [0.1, 0.15) is 11.2 Å². The maximum Gasteiger partial charge on any atom is 0.109 e. The molecule has 47 valence electrons. The molecule has 0 spiro atoms. The van der Waals surface area contributed by atoms with Crippen LogP contribution in [0.15, 0.2) is 22.9 Å². The molecule has 0 unspecified atom stereocenters. The van der Waals surface area contributed by atoms with E-state index in [1.807, 2.05) is 0 Å². The first kappa shape index (κ1) is 6.71. The molecule has 0 saturated carbocycles. The summed E-state index contributed by atoms with van der Waals surface area (Å²) in [6, 6.07) is 3.51. The van der Waals surface area contributed by atoms with Gasteiger partial charge in [-0.05, 0) is 27.6 Å². The monoisotopic (exact) mass is 186 g/mol. The third kappa shape index (κ3) is 1.77. The van der Waals surface area contributed by atoms with Gasteiger partial charge in [0.05, 0.1) is 0 Å². The van der Waals surface area contributed by atoms with Crippen LogP contribution in [-0.4, -0.2) is 4.98 Å². The summed E-state index contributed by atoms with van der Waals surface area (Å²) in [6.45, 7) is -0.194. The summed E-state index contributed by atoms with van der Waals surface area (Å²) in [6.07, 6.45) is 1.57. The zero-order valence-corrected chi connectivity index (χ0v) is 6.26. The Bertz CT molecular complexity index is 185. The summed E-state index contributed by atoms with van der Waals surface area (Å²) in [5.41, 5.74) is 0.721. The summed E-state index contributed by atoms with van der Waals surface area (Å²) < 4.78 is 0.764. The number of hydrogen-bond donors (Lipinski definition) is 0. The lowest BCUT2D eigenvalue weighted by Crippen LogP contribution is -1.81. The lowest BCUT2D eigenvalue weighted by Gasteiger charge is -1.90. The summed E-state index contributed by atoms with van der Waals surface area (Å²) >= 11 is 3.16. The fourth-order valence-electron chi connectivity index (χ4n) is 0.492. The number of halogens is 1. The lowest BCUT2D eigenvalue weighted by molar-refractivity contribution is 0.177. The maximum atomic E-state index is 10.2. The van der Waals surface area contributed by atoms with Gasteiger partial charge in [-0.15, -0.1) is 0 Å². The summed E-state index contributed by atoms with van der Waals surface area (Å²) in [5, 5.41) is 10.2. The predicted octanol–water partition coefficient (Wildman–Crippen LogP) is 1.77. The summed E-state index contributed by atoms with van der Waals surface area (Å²) in [5.74, 6) is 0. The highest BCUT2D eigenvalue weighted by Gasteiger charge is 1.89. The molecule has 0 atom stereocenters. The molecule has 1 heterocycles. The molecular weight excluding hydrogens is 182 g/mol. The first-order valence-corrected chi connectivity index (χ1v) is 3.31. The molecule has 9 heavy (non-hydrogen) atoms. The Morgan fingerprint density at radius 3 is 2.78 bits per heavy atom. The van der Waals surface area contributed by atoms with Crippen molar-refractivity contribution in [2.75, 3.05) is 0 Å². The van der Waals surface area contributed by atoms with E-state index in [4.69, 9.17) is 0 Å². The van der Waals surface area contributed by atoms with Crippen LogP contribution in [0.3, 0.4) is 0 Å². The Kier molecular flexibility index (Phi) is 2.19. The van der Waals surface area contributed by atoms with Crippen molar-refractivity contribution in [3.63, 3.8) is 0 Å². The van der Waals surface area contributed by atoms with Crippen LogP contribution in [0.4, 0.5) is 0 Å². The Morgan fingerprint density at radius 2 is 2.33 bits per heavy atom. The molecule has 0 N–H and O–H groups in total.